The van der Waals surface area contributed by atoms with E-state index >= 15 is 4.79 Å². The molecular weight excluding hydrogens is 717 g/mol. The molecule has 1 unspecified atom stereocenters. The van der Waals surface area contributed by atoms with E-state index in [1.807, 2.05) is 86.9 Å². The third kappa shape index (κ3) is 6.41. The van der Waals surface area contributed by atoms with Gasteiger partial charge in [-0.15, -0.1) is 0 Å². The minimum Gasteiger partial charge on any atom is -0.494 e. The van der Waals surface area contributed by atoms with Gasteiger partial charge in [0.1, 0.15) is 11.4 Å². The van der Waals surface area contributed by atoms with E-state index in [2.05, 4.69) is 38.3 Å². The van der Waals surface area contributed by atoms with E-state index in [1.54, 1.807) is 4.90 Å². The number of aromatic nitrogens is 3. The quantitative estimate of drug-likeness (QED) is 0.117. The number of carbonyl (C=O) groups is 2. The van der Waals surface area contributed by atoms with Gasteiger partial charge >= 0.3 is 0 Å². The summed E-state index contributed by atoms with van der Waals surface area (Å²) < 4.78 is 10.3. The molecule has 1 fully saturated rings. The van der Waals surface area contributed by atoms with Gasteiger partial charge in [-0.25, -0.2) is 0 Å². The van der Waals surface area contributed by atoms with Crippen LogP contribution in [0.3, 0.4) is 0 Å². The summed E-state index contributed by atoms with van der Waals surface area (Å²) in [5.74, 6) is 0.927. The number of hydrogen-bond acceptors (Lipinski definition) is 4. The zero-order valence-electron chi connectivity index (χ0n) is 32.7. The van der Waals surface area contributed by atoms with Crippen molar-refractivity contribution in [3.63, 3.8) is 0 Å². The topological polar surface area (TPSA) is 72.6 Å². The van der Waals surface area contributed by atoms with E-state index in [4.69, 9.17) is 33.0 Å². The Balaban J connectivity index is 1.36. The number of rotatable bonds is 8. The summed E-state index contributed by atoms with van der Waals surface area (Å²) >= 11 is 13.5. The number of piperidine rings is 1. The fourth-order valence-corrected chi connectivity index (χ4v) is 8.94. The fourth-order valence-electron chi connectivity index (χ4n) is 8.54. The van der Waals surface area contributed by atoms with Crippen LogP contribution in [0.25, 0.3) is 27.6 Å². The summed E-state index contributed by atoms with van der Waals surface area (Å²) in [6, 6.07) is 16.0. The first-order chi connectivity index (χ1) is 25.7. The Morgan fingerprint density at radius 3 is 2.31 bits per heavy atom. The maximum atomic E-state index is 15.3. The Kier molecular flexibility index (Phi) is 10.2. The van der Waals surface area contributed by atoms with Gasteiger partial charge in [0.2, 0.25) is 0 Å². The lowest BCUT2D eigenvalue weighted by molar-refractivity contribution is -0.116. The Labute approximate surface area is 328 Å². The van der Waals surface area contributed by atoms with Crippen LogP contribution < -0.4 is 9.64 Å². The summed E-state index contributed by atoms with van der Waals surface area (Å²) in [4.78, 5) is 32.2. The second-order valence-corrected chi connectivity index (χ2v) is 16.1. The normalized spacial score (nSPS) is 18.5. The second kappa shape index (κ2) is 14.6. The van der Waals surface area contributed by atoms with Crippen LogP contribution in [0, 0.1) is 46.5 Å². The van der Waals surface area contributed by atoms with Gasteiger partial charge in [0.15, 0.2) is 0 Å². The number of allylic oxidation sites excluding steroid dienone is 1. The molecule has 8 nitrogen and oxygen atoms in total. The van der Waals surface area contributed by atoms with Gasteiger partial charge in [-0.3, -0.25) is 14.3 Å². The van der Waals surface area contributed by atoms with Gasteiger partial charge in [-0.05, 0) is 117 Å². The van der Waals surface area contributed by atoms with Crippen molar-refractivity contribution in [1.82, 2.24) is 19.2 Å². The molecule has 0 aliphatic carbocycles. The summed E-state index contributed by atoms with van der Waals surface area (Å²) in [5.41, 5.74) is 12.1. The van der Waals surface area contributed by atoms with Crippen molar-refractivity contribution in [3.8, 4) is 16.9 Å². The number of carbonyl (C=O) groups excluding carboxylic acids is 2. The first-order valence-electron chi connectivity index (χ1n) is 18.8. The zero-order chi connectivity index (χ0) is 38.7. The number of benzene rings is 3. The van der Waals surface area contributed by atoms with Gasteiger partial charge in [-0.2, -0.15) is 5.10 Å². The molecular formula is C44H49Cl2N5O3. The molecule has 0 spiro atoms. The highest BCUT2D eigenvalue weighted by Crippen LogP contribution is 2.44. The van der Waals surface area contributed by atoms with Crippen LogP contribution in [-0.2, 0) is 18.4 Å². The third-order valence-corrected chi connectivity index (χ3v) is 12.7. The number of aryl methyl sites for hydroxylation is 4. The first-order valence-corrected chi connectivity index (χ1v) is 19.6. The molecule has 2 atom stereocenters. The molecule has 54 heavy (non-hydrogen) atoms. The minimum absolute atomic E-state index is 0.00233. The lowest BCUT2D eigenvalue weighted by atomic mass is 9.77. The average Bonchev–Trinajstić information content (AvgIpc) is 3.64. The number of amides is 2. The van der Waals surface area contributed by atoms with Crippen molar-refractivity contribution in [1.29, 1.82) is 0 Å². The van der Waals surface area contributed by atoms with E-state index in [0.29, 0.717) is 49.8 Å². The number of para-hydroxylation sites is 1. The molecule has 0 saturated carbocycles. The standard InChI is InChI=1S/C44H49Cl2N5O3/c1-24-20-32(21-25(2)41(24)46)54-19-11-13-34(33-15-16-35(45)39(28(33)5)40-29(6)47-49(9)30(40)7)38-27(4)26(3)23-51(44(38)53)36-14-10-12-31-22-37-43(52)48(8)17-18-50(37)42(31)36/h10,12,14-16,20-22,26-27H,11,13,17-19,23H2,1-9H3/b38-34+/t26-,27?/m1/s1. The molecule has 5 aromatic rings. The molecule has 10 heteroatoms. The van der Waals surface area contributed by atoms with Crippen LogP contribution in [-0.4, -0.2) is 57.8 Å². The van der Waals surface area contributed by atoms with Gasteiger partial charge in [-0.1, -0.05) is 55.2 Å². The first kappa shape index (κ1) is 37.8. The second-order valence-electron chi connectivity index (χ2n) is 15.3. The molecule has 2 aromatic heterocycles. The molecule has 0 bridgehead atoms. The molecule has 1 saturated heterocycles. The lowest BCUT2D eigenvalue weighted by Crippen LogP contribution is -2.45. The molecule has 3 aromatic carbocycles. The predicted octanol–water partition coefficient (Wildman–Crippen LogP) is 9.91. The van der Waals surface area contributed by atoms with Crippen LogP contribution in [0.1, 0.15) is 70.8 Å². The van der Waals surface area contributed by atoms with E-state index in [-0.39, 0.29) is 23.7 Å². The Morgan fingerprint density at radius 1 is 0.907 bits per heavy atom. The molecule has 7 rings (SSSR count). The third-order valence-electron chi connectivity index (χ3n) is 11.7. The summed E-state index contributed by atoms with van der Waals surface area (Å²) in [7, 11) is 3.79. The lowest BCUT2D eigenvalue weighted by Gasteiger charge is -2.39. The highest BCUT2D eigenvalue weighted by Gasteiger charge is 2.38. The summed E-state index contributed by atoms with van der Waals surface area (Å²) in [5, 5.41) is 7.08. The molecule has 282 valence electrons. The van der Waals surface area contributed by atoms with Crippen LogP contribution in [0.15, 0.2) is 54.1 Å². The number of nitrogens with zero attached hydrogens (tertiary/aromatic N) is 5. The van der Waals surface area contributed by atoms with Crippen LogP contribution >= 0.6 is 23.2 Å². The largest absolute Gasteiger partial charge is 0.494 e. The Morgan fingerprint density at radius 2 is 1.63 bits per heavy atom. The van der Waals surface area contributed by atoms with Crippen molar-refractivity contribution in [2.75, 3.05) is 31.6 Å². The molecule has 0 radical (unpaired) electrons. The summed E-state index contributed by atoms with van der Waals surface area (Å²) in [6.45, 7) is 16.9. The minimum atomic E-state index is -0.0118. The average molecular weight is 767 g/mol. The smallest absolute Gasteiger partial charge is 0.270 e. The number of hydrogen-bond donors (Lipinski definition) is 0. The molecule has 4 heterocycles. The van der Waals surface area contributed by atoms with Crippen LogP contribution in [0.2, 0.25) is 10.0 Å². The van der Waals surface area contributed by atoms with Gasteiger partial charge in [0.25, 0.3) is 11.8 Å². The van der Waals surface area contributed by atoms with Crippen LogP contribution in [0.4, 0.5) is 5.69 Å². The number of anilines is 1. The van der Waals surface area contributed by atoms with E-state index in [1.165, 1.54) is 0 Å². The highest BCUT2D eigenvalue weighted by molar-refractivity contribution is 6.34. The zero-order valence-corrected chi connectivity index (χ0v) is 34.2. The molecule has 2 amide bonds. The molecule has 2 aliphatic heterocycles. The monoisotopic (exact) mass is 765 g/mol. The maximum Gasteiger partial charge on any atom is 0.270 e. The number of halogens is 2. The number of ether oxygens (including phenoxy) is 1. The van der Waals surface area contributed by atoms with E-state index in [9.17, 15) is 4.79 Å². The molecule has 2 aliphatic rings. The van der Waals surface area contributed by atoms with E-state index < -0.39 is 0 Å². The fraction of sp³-hybridized carbons (Fsp3) is 0.386. The van der Waals surface area contributed by atoms with Gasteiger partial charge < -0.3 is 19.1 Å². The molecule has 0 N–H and O–H groups in total. The van der Waals surface area contributed by atoms with Gasteiger partial charge in [0, 0.05) is 71.6 Å². The van der Waals surface area contributed by atoms with Crippen LogP contribution in [0.5, 0.6) is 5.75 Å². The number of likely N-dealkylation sites (N-methyl/N-ethyl adjacent to an activating group) is 1. The van der Waals surface area contributed by atoms with Crippen molar-refractivity contribution in [2.24, 2.45) is 18.9 Å². The Bertz CT molecular complexity index is 2350. The maximum absolute atomic E-state index is 15.3. The SMILES string of the molecule is Cc1cc(OCCC/C(=C2\C(=O)N(c3cccc4cc5n(c34)CCN(C)C5=O)C[C@@H](C)C2C)c2ccc(Cl)c(-c3c(C)nn(C)c3C)c2C)cc(C)c1Cl. The summed E-state index contributed by atoms with van der Waals surface area (Å²) in [6.07, 6.45) is 1.31. The van der Waals surface area contributed by atoms with E-state index in [0.717, 1.165) is 83.3 Å². The predicted molar refractivity (Wildman–Crippen MR) is 220 cm³/mol. The highest BCUT2D eigenvalue weighted by atomic mass is 35.5. The van der Waals surface area contributed by atoms with Crippen molar-refractivity contribution in [2.45, 2.75) is 67.9 Å². The number of fused-ring (bicyclic) bond motifs is 3. The van der Waals surface area contributed by atoms with Crippen molar-refractivity contribution >= 4 is 57.2 Å². The van der Waals surface area contributed by atoms with Gasteiger partial charge in [0.05, 0.1) is 23.5 Å². The van der Waals surface area contributed by atoms with Crippen molar-refractivity contribution < 1.29 is 14.3 Å². The Hall–Kier alpha value is -4.53. The van der Waals surface area contributed by atoms with Crippen molar-refractivity contribution in [3.05, 3.63) is 103 Å².